The summed E-state index contributed by atoms with van der Waals surface area (Å²) in [6.07, 6.45) is 2.85. The fraction of sp³-hybridized carbons (Fsp3) is 0.529. The Morgan fingerprint density at radius 2 is 2.05 bits per heavy atom. The normalized spacial score (nSPS) is 29.3. The van der Waals surface area contributed by atoms with E-state index in [1.165, 1.54) is 4.90 Å². The lowest BCUT2D eigenvalue weighted by Crippen LogP contribution is -2.58. The van der Waals surface area contributed by atoms with Gasteiger partial charge >= 0.3 is 12.1 Å². The third-order valence-electron chi connectivity index (χ3n) is 5.26. The second-order valence-corrected chi connectivity index (χ2v) is 6.41. The number of rotatable bonds is 4. The first-order valence-corrected chi connectivity index (χ1v) is 7.72. The van der Waals surface area contributed by atoms with E-state index in [0.717, 1.165) is 24.8 Å². The molecule has 2 aliphatic carbocycles. The van der Waals surface area contributed by atoms with Crippen molar-refractivity contribution in [2.75, 3.05) is 7.05 Å². The fourth-order valence-electron chi connectivity index (χ4n) is 4.10. The summed E-state index contributed by atoms with van der Waals surface area (Å²) in [5.41, 5.74) is -0.196. The maximum Gasteiger partial charge on any atom is 0.410 e. The van der Waals surface area contributed by atoms with Crippen LogP contribution in [-0.2, 0) is 16.1 Å². The van der Waals surface area contributed by atoms with Gasteiger partial charge in [0.2, 0.25) is 0 Å². The fourth-order valence-corrected chi connectivity index (χ4v) is 4.10. The van der Waals surface area contributed by atoms with Gasteiger partial charge in [-0.15, -0.1) is 0 Å². The van der Waals surface area contributed by atoms with E-state index in [0.29, 0.717) is 12.3 Å². The Kier molecular flexibility index (Phi) is 3.81. The zero-order valence-electron chi connectivity index (χ0n) is 12.7. The predicted octanol–water partition coefficient (Wildman–Crippen LogP) is 2.90. The van der Waals surface area contributed by atoms with Crippen molar-refractivity contribution in [2.24, 2.45) is 11.8 Å². The van der Waals surface area contributed by atoms with Crippen LogP contribution < -0.4 is 0 Å². The molecule has 118 valence electrons. The molecule has 5 nitrogen and oxygen atoms in total. The van der Waals surface area contributed by atoms with E-state index in [2.05, 4.69) is 0 Å². The molecular formula is C17H21NO4. The summed E-state index contributed by atoms with van der Waals surface area (Å²) in [6.45, 7) is 0.161. The lowest BCUT2D eigenvalue weighted by Gasteiger charge is -2.40. The second kappa shape index (κ2) is 5.63. The van der Waals surface area contributed by atoms with Crippen LogP contribution in [0.3, 0.4) is 0 Å². The molecule has 1 amide bonds. The number of fused-ring (bicyclic) bond motifs is 2. The number of likely N-dealkylation sites (N-methyl/N-ethyl adjacent to an activating group) is 1. The van der Waals surface area contributed by atoms with E-state index in [4.69, 9.17) is 4.74 Å². The standard InChI is InChI=1S/C17H21NO4/c1-18(16(21)22-11-12-5-3-2-4-6-12)17(15(19)20)10-13-7-8-14(17)9-13/h2-6,13-14H,7-11H2,1H3,(H,19,20). The summed E-state index contributed by atoms with van der Waals surface area (Å²) in [6, 6.07) is 9.39. The molecule has 1 N–H and O–H groups in total. The molecule has 1 aromatic carbocycles. The molecule has 0 aliphatic heterocycles. The quantitative estimate of drug-likeness (QED) is 0.928. The van der Waals surface area contributed by atoms with Crippen molar-refractivity contribution >= 4 is 12.1 Å². The van der Waals surface area contributed by atoms with Crippen LogP contribution in [0, 0.1) is 11.8 Å². The molecule has 3 atom stereocenters. The van der Waals surface area contributed by atoms with Crippen LogP contribution in [-0.4, -0.2) is 34.7 Å². The molecule has 3 unspecified atom stereocenters. The number of aliphatic carboxylic acids is 1. The second-order valence-electron chi connectivity index (χ2n) is 6.41. The van der Waals surface area contributed by atoms with Gasteiger partial charge in [0.25, 0.3) is 0 Å². The van der Waals surface area contributed by atoms with Gasteiger partial charge in [0, 0.05) is 7.05 Å². The minimum absolute atomic E-state index is 0.0456. The average molecular weight is 303 g/mol. The predicted molar refractivity (Wildman–Crippen MR) is 80.2 cm³/mol. The van der Waals surface area contributed by atoms with E-state index in [-0.39, 0.29) is 12.5 Å². The van der Waals surface area contributed by atoms with Crippen molar-refractivity contribution in [2.45, 2.75) is 37.8 Å². The van der Waals surface area contributed by atoms with Crippen molar-refractivity contribution in [3.8, 4) is 0 Å². The van der Waals surface area contributed by atoms with Gasteiger partial charge in [-0.3, -0.25) is 4.90 Å². The number of ether oxygens (including phenoxy) is 1. The molecule has 5 heteroatoms. The molecular weight excluding hydrogens is 282 g/mol. The van der Waals surface area contributed by atoms with Gasteiger partial charge in [-0.1, -0.05) is 30.3 Å². The van der Waals surface area contributed by atoms with Crippen molar-refractivity contribution in [1.82, 2.24) is 4.90 Å². The van der Waals surface area contributed by atoms with Crippen LogP contribution >= 0.6 is 0 Å². The molecule has 0 heterocycles. The Morgan fingerprint density at radius 3 is 2.59 bits per heavy atom. The Balaban J connectivity index is 1.70. The number of hydrogen-bond donors (Lipinski definition) is 1. The third kappa shape index (κ3) is 2.34. The highest BCUT2D eigenvalue weighted by Crippen LogP contribution is 2.53. The maximum absolute atomic E-state index is 12.3. The van der Waals surface area contributed by atoms with Crippen LogP contribution in [0.5, 0.6) is 0 Å². The summed E-state index contributed by atoms with van der Waals surface area (Å²) >= 11 is 0. The first kappa shape index (κ1) is 14.9. The maximum atomic E-state index is 12.3. The molecule has 0 aromatic heterocycles. The highest BCUT2D eigenvalue weighted by Gasteiger charge is 2.59. The van der Waals surface area contributed by atoms with Crippen LogP contribution in [0.15, 0.2) is 30.3 Å². The number of amides is 1. The first-order valence-electron chi connectivity index (χ1n) is 7.72. The van der Waals surface area contributed by atoms with Gasteiger partial charge in [0.05, 0.1) is 0 Å². The lowest BCUT2D eigenvalue weighted by atomic mass is 9.80. The number of nitrogens with zero attached hydrogens (tertiary/aromatic N) is 1. The number of benzene rings is 1. The Bertz CT molecular complexity index is 573. The van der Waals surface area contributed by atoms with Crippen LogP contribution in [0.2, 0.25) is 0 Å². The molecule has 3 rings (SSSR count). The zero-order valence-corrected chi connectivity index (χ0v) is 12.7. The highest BCUT2D eigenvalue weighted by atomic mass is 16.6. The van der Waals surface area contributed by atoms with Crippen LogP contribution in [0.25, 0.3) is 0 Å². The Labute approximate surface area is 129 Å². The smallest absolute Gasteiger partial charge is 0.410 e. The molecule has 2 aliphatic rings. The molecule has 22 heavy (non-hydrogen) atoms. The van der Waals surface area contributed by atoms with Gasteiger partial charge in [-0.25, -0.2) is 9.59 Å². The summed E-state index contributed by atoms with van der Waals surface area (Å²) in [7, 11) is 1.56. The van der Waals surface area contributed by atoms with Gasteiger partial charge < -0.3 is 9.84 Å². The number of carboxylic acid groups (broad SMARTS) is 1. The summed E-state index contributed by atoms with van der Waals surface area (Å²) in [5, 5.41) is 9.74. The van der Waals surface area contributed by atoms with Gasteiger partial charge in [-0.2, -0.15) is 0 Å². The number of carbonyl (C=O) groups excluding carboxylic acids is 1. The van der Waals surface area contributed by atoms with Crippen molar-refractivity contribution in [1.29, 1.82) is 0 Å². The third-order valence-corrected chi connectivity index (χ3v) is 5.26. The Hall–Kier alpha value is -2.04. The number of carbonyl (C=O) groups is 2. The summed E-state index contributed by atoms with van der Waals surface area (Å²) in [4.78, 5) is 25.5. The minimum atomic E-state index is -1.09. The van der Waals surface area contributed by atoms with E-state index >= 15 is 0 Å². The van der Waals surface area contributed by atoms with E-state index in [9.17, 15) is 14.7 Å². The SMILES string of the molecule is CN(C(=O)OCc1ccccc1)C1(C(=O)O)CC2CCC1C2. The summed E-state index contributed by atoms with van der Waals surface area (Å²) < 4.78 is 5.31. The minimum Gasteiger partial charge on any atom is -0.479 e. The monoisotopic (exact) mass is 303 g/mol. The van der Waals surface area contributed by atoms with Gasteiger partial charge in [0.1, 0.15) is 12.1 Å². The van der Waals surface area contributed by atoms with Gasteiger partial charge in [-0.05, 0) is 43.1 Å². The molecule has 2 bridgehead atoms. The largest absolute Gasteiger partial charge is 0.479 e. The molecule has 0 saturated heterocycles. The first-order chi connectivity index (χ1) is 10.5. The molecule has 0 spiro atoms. The van der Waals surface area contributed by atoms with Crippen molar-refractivity contribution in [3.05, 3.63) is 35.9 Å². The van der Waals surface area contributed by atoms with E-state index in [1.54, 1.807) is 7.05 Å². The zero-order chi connectivity index (χ0) is 15.7. The van der Waals surface area contributed by atoms with Crippen LogP contribution in [0.4, 0.5) is 4.79 Å². The number of hydrogen-bond acceptors (Lipinski definition) is 3. The van der Waals surface area contributed by atoms with Gasteiger partial charge in [0.15, 0.2) is 0 Å². The highest BCUT2D eigenvalue weighted by molar-refractivity contribution is 5.85. The summed E-state index contributed by atoms with van der Waals surface area (Å²) in [5.74, 6) is -0.436. The van der Waals surface area contributed by atoms with Crippen LogP contribution in [0.1, 0.15) is 31.2 Å². The topological polar surface area (TPSA) is 66.8 Å². The van der Waals surface area contributed by atoms with E-state index in [1.807, 2.05) is 30.3 Å². The molecule has 0 radical (unpaired) electrons. The number of carboxylic acids is 1. The van der Waals surface area contributed by atoms with E-state index < -0.39 is 17.6 Å². The van der Waals surface area contributed by atoms with Crippen molar-refractivity contribution < 1.29 is 19.4 Å². The van der Waals surface area contributed by atoms with Crippen molar-refractivity contribution in [3.63, 3.8) is 0 Å². The molecule has 1 aromatic rings. The Morgan fingerprint density at radius 1 is 1.32 bits per heavy atom. The average Bonchev–Trinajstić information content (AvgIpc) is 3.14. The molecule has 2 fully saturated rings. The lowest BCUT2D eigenvalue weighted by molar-refractivity contribution is -0.153. The molecule has 2 saturated carbocycles.